The maximum absolute atomic E-state index is 5.35. The van der Waals surface area contributed by atoms with Crippen LogP contribution in [-0.2, 0) is 12.8 Å². The Balaban J connectivity index is 2.15. The Morgan fingerprint density at radius 1 is 1.50 bits per heavy atom. The van der Waals surface area contributed by atoms with E-state index in [2.05, 4.69) is 17.1 Å². The molecule has 3 heterocycles. The molecule has 20 heavy (non-hydrogen) atoms. The minimum absolute atomic E-state index is 0.628. The van der Waals surface area contributed by atoms with Gasteiger partial charge in [0, 0.05) is 4.88 Å². The predicted molar refractivity (Wildman–Crippen MR) is 86.5 cm³/mol. The standard InChI is InChI=1S/C13H14N4S3/c1-6-3-4-7-8(5-6)20-11-9(7)10-15-16-12(18)17(10)13(14-11)19-2/h6H,3-5H2,1-2H3,(H,16,18)/t6-/m1/s1. The molecule has 1 N–H and O–H groups in total. The van der Waals surface area contributed by atoms with E-state index in [1.165, 1.54) is 28.7 Å². The molecule has 0 fully saturated rings. The lowest BCUT2D eigenvalue weighted by Crippen LogP contribution is -2.08. The molecule has 0 spiro atoms. The fourth-order valence-corrected chi connectivity index (χ4v) is 5.22. The fraction of sp³-hybridized carbons (Fsp3) is 0.462. The molecule has 1 aliphatic rings. The molecule has 1 aliphatic carbocycles. The van der Waals surface area contributed by atoms with Crippen LogP contribution in [0.25, 0.3) is 15.9 Å². The zero-order chi connectivity index (χ0) is 13.9. The van der Waals surface area contributed by atoms with Crippen LogP contribution >= 0.6 is 35.3 Å². The van der Waals surface area contributed by atoms with Crippen LogP contribution in [0.2, 0.25) is 0 Å². The van der Waals surface area contributed by atoms with Gasteiger partial charge in [-0.25, -0.2) is 9.38 Å². The van der Waals surface area contributed by atoms with E-state index in [0.717, 1.165) is 28.0 Å². The molecule has 0 saturated carbocycles. The zero-order valence-electron chi connectivity index (χ0n) is 11.3. The van der Waals surface area contributed by atoms with Crippen LogP contribution in [0, 0.1) is 10.7 Å². The van der Waals surface area contributed by atoms with Gasteiger partial charge in [-0.05, 0) is 49.2 Å². The number of nitrogens with one attached hydrogen (secondary N) is 1. The Morgan fingerprint density at radius 3 is 3.15 bits per heavy atom. The zero-order valence-corrected chi connectivity index (χ0v) is 13.7. The summed E-state index contributed by atoms with van der Waals surface area (Å²) >= 11 is 8.79. The van der Waals surface area contributed by atoms with Crippen LogP contribution in [0.5, 0.6) is 0 Å². The first-order chi connectivity index (χ1) is 9.69. The van der Waals surface area contributed by atoms with Crippen LogP contribution in [0.3, 0.4) is 0 Å². The number of thioether (sulfide) groups is 1. The Labute approximate surface area is 129 Å². The molecule has 0 amide bonds. The van der Waals surface area contributed by atoms with Gasteiger partial charge in [-0.15, -0.1) is 11.3 Å². The highest BCUT2D eigenvalue weighted by Crippen LogP contribution is 2.39. The molecule has 0 saturated heterocycles. The van der Waals surface area contributed by atoms with Crippen molar-refractivity contribution in [1.29, 1.82) is 0 Å². The first kappa shape index (κ1) is 12.8. The first-order valence-corrected chi connectivity index (χ1v) is 9.09. The maximum atomic E-state index is 5.35. The summed E-state index contributed by atoms with van der Waals surface area (Å²) in [6.07, 6.45) is 5.58. The van der Waals surface area contributed by atoms with Gasteiger partial charge in [0.05, 0.1) is 5.39 Å². The Hall–Kier alpha value is -0.920. The molecular weight excluding hydrogens is 308 g/mol. The number of rotatable bonds is 1. The van der Waals surface area contributed by atoms with Crippen molar-refractivity contribution in [2.24, 2.45) is 5.92 Å². The molecule has 3 aromatic heterocycles. The summed E-state index contributed by atoms with van der Waals surface area (Å²) in [5, 5.41) is 9.49. The fourth-order valence-electron chi connectivity index (χ4n) is 2.96. The lowest BCUT2D eigenvalue weighted by molar-refractivity contribution is 0.509. The SMILES string of the molecule is CSc1nc2sc3c(c2c2n[nH]c(=S)n12)CC[C@@H](C)C3. The van der Waals surface area contributed by atoms with E-state index in [1.807, 2.05) is 22.0 Å². The topological polar surface area (TPSA) is 46.0 Å². The smallest absolute Gasteiger partial charge is 0.201 e. The summed E-state index contributed by atoms with van der Waals surface area (Å²) in [5.74, 6) is 0.771. The number of aromatic nitrogens is 4. The van der Waals surface area contributed by atoms with Gasteiger partial charge in [0.1, 0.15) is 4.83 Å². The minimum atomic E-state index is 0.628. The Kier molecular flexibility index (Phi) is 2.90. The summed E-state index contributed by atoms with van der Waals surface area (Å²) in [5.41, 5.74) is 2.39. The van der Waals surface area contributed by atoms with Gasteiger partial charge < -0.3 is 0 Å². The second kappa shape index (κ2) is 4.54. The predicted octanol–water partition coefficient (Wildman–Crippen LogP) is 3.85. The Bertz CT molecular complexity index is 873. The van der Waals surface area contributed by atoms with Gasteiger partial charge in [-0.3, -0.25) is 5.10 Å². The maximum Gasteiger partial charge on any atom is 0.201 e. The highest BCUT2D eigenvalue weighted by Gasteiger charge is 2.24. The minimum Gasteiger partial charge on any atom is -0.251 e. The third-order valence-electron chi connectivity index (χ3n) is 3.96. The number of thiophene rings is 1. The second-order valence-electron chi connectivity index (χ2n) is 5.32. The molecule has 4 nitrogen and oxygen atoms in total. The van der Waals surface area contributed by atoms with Gasteiger partial charge in [-0.1, -0.05) is 18.7 Å². The molecule has 4 rings (SSSR count). The van der Waals surface area contributed by atoms with E-state index in [4.69, 9.17) is 17.2 Å². The van der Waals surface area contributed by atoms with Crippen LogP contribution in [0.1, 0.15) is 23.8 Å². The van der Waals surface area contributed by atoms with E-state index < -0.39 is 0 Å². The van der Waals surface area contributed by atoms with E-state index in [-0.39, 0.29) is 0 Å². The Morgan fingerprint density at radius 2 is 2.35 bits per heavy atom. The second-order valence-corrected chi connectivity index (χ2v) is 7.56. The normalized spacial score (nSPS) is 18.8. The first-order valence-electron chi connectivity index (χ1n) is 6.64. The molecule has 0 aromatic carbocycles. The number of aromatic amines is 1. The van der Waals surface area contributed by atoms with Gasteiger partial charge in [-0.2, -0.15) is 5.10 Å². The molecule has 1 atom stereocenters. The van der Waals surface area contributed by atoms with Crippen molar-refractivity contribution in [2.45, 2.75) is 31.3 Å². The van der Waals surface area contributed by atoms with Crippen molar-refractivity contribution >= 4 is 51.2 Å². The van der Waals surface area contributed by atoms with E-state index in [1.54, 1.807) is 11.8 Å². The van der Waals surface area contributed by atoms with Crippen molar-refractivity contribution in [3.8, 4) is 0 Å². The molecule has 0 bridgehead atoms. The van der Waals surface area contributed by atoms with E-state index in [0.29, 0.717) is 4.77 Å². The van der Waals surface area contributed by atoms with Crippen LogP contribution in [-0.4, -0.2) is 25.8 Å². The van der Waals surface area contributed by atoms with Crippen molar-refractivity contribution in [3.05, 3.63) is 15.2 Å². The van der Waals surface area contributed by atoms with Crippen LogP contribution in [0.4, 0.5) is 0 Å². The highest BCUT2D eigenvalue weighted by molar-refractivity contribution is 7.98. The quantitative estimate of drug-likeness (QED) is 0.420. The largest absolute Gasteiger partial charge is 0.251 e. The number of H-pyrrole nitrogens is 1. The molecule has 0 radical (unpaired) electrons. The van der Waals surface area contributed by atoms with Gasteiger partial charge in [0.15, 0.2) is 10.8 Å². The third kappa shape index (κ3) is 1.69. The van der Waals surface area contributed by atoms with Crippen LogP contribution < -0.4 is 0 Å². The highest BCUT2D eigenvalue weighted by atomic mass is 32.2. The average Bonchev–Trinajstić information content (AvgIpc) is 2.98. The lowest BCUT2D eigenvalue weighted by Gasteiger charge is -2.17. The number of hydrogen-bond donors (Lipinski definition) is 1. The van der Waals surface area contributed by atoms with Gasteiger partial charge in [0.2, 0.25) is 4.77 Å². The summed E-state index contributed by atoms with van der Waals surface area (Å²) in [6, 6.07) is 0. The molecule has 3 aromatic rings. The molecule has 0 unspecified atom stereocenters. The average molecular weight is 322 g/mol. The summed E-state index contributed by atoms with van der Waals surface area (Å²) in [4.78, 5) is 7.40. The lowest BCUT2D eigenvalue weighted by atomic mass is 9.89. The number of aryl methyl sites for hydroxylation is 1. The van der Waals surface area contributed by atoms with Gasteiger partial charge in [0.25, 0.3) is 0 Å². The number of hydrogen-bond acceptors (Lipinski definition) is 5. The molecule has 0 aliphatic heterocycles. The van der Waals surface area contributed by atoms with Crippen molar-refractivity contribution < 1.29 is 0 Å². The summed E-state index contributed by atoms with van der Waals surface area (Å²) < 4.78 is 2.59. The molecule has 104 valence electrons. The third-order valence-corrected chi connectivity index (χ3v) is 6.02. The van der Waals surface area contributed by atoms with Crippen LogP contribution in [0.15, 0.2) is 5.16 Å². The summed E-state index contributed by atoms with van der Waals surface area (Å²) in [7, 11) is 0. The van der Waals surface area contributed by atoms with E-state index in [9.17, 15) is 0 Å². The van der Waals surface area contributed by atoms with E-state index >= 15 is 0 Å². The number of nitrogens with zero attached hydrogens (tertiary/aromatic N) is 3. The molecule has 7 heteroatoms. The molecular formula is C13H14N4S3. The summed E-state index contributed by atoms with van der Waals surface area (Å²) in [6.45, 7) is 2.33. The van der Waals surface area contributed by atoms with Crippen molar-refractivity contribution in [2.75, 3.05) is 6.26 Å². The number of fused-ring (bicyclic) bond motifs is 5. The monoisotopic (exact) mass is 322 g/mol. The van der Waals surface area contributed by atoms with Gasteiger partial charge >= 0.3 is 0 Å². The van der Waals surface area contributed by atoms with Crippen molar-refractivity contribution in [3.63, 3.8) is 0 Å². The van der Waals surface area contributed by atoms with Crippen molar-refractivity contribution in [1.82, 2.24) is 19.6 Å².